The van der Waals surface area contributed by atoms with Gasteiger partial charge in [-0.3, -0.25) is 4.79 Å². The van der Waals surface area contributed by atoms with Gasteiger partial charge in [-0.15, -0.1) is 0 Å². The number of aryl methyl sites for hydroxylation is 1. The molecule has 0 aliphatic heterocycles. The summed E-state index contributed by atoms with van der Waals surface area (Å²) in [5, 5.41) is 2.75. The first-order chi connectivity index (χ1) is 8.95. The van der Waals surface area contributed by atoms with Gasteiger partial charge in [0.25, 0.3) is 5.91 Å². The Hall–Kier alpha value is -1.17. The number of carbonyl (C=O) groups excluding carboxylic acids is 1. The van der Waals surface area contributed by atoms with Gasteiger partial charge in [-0.2, -0.15) is 0 Å². The van der Waals surface area contributed by atoms with E-state index in [2.05, 4.69) is 31.2 Å². The first kappa shape index (κ1) is 14.2. The minimum absolute atomic E-state index is 0.0224. The summed E-state index contributed by atoms with van der Waals surface area (Å²) in [5.41, 5.74) is 1.55. The topological polar surface area (TPSA) is 54.9 Å². The van der Waals surface area contributed by atoms with Crippen LogP contribution < -0.4 is 5.32 Å². The van der Waals surface area contributed by atoms with E-state index in [0.717, 1.165) is 5.56 Å². The van der Waals surface area contributed by atoms with E-state index in [1.165, 1.54) is 6.07 Å². The molecule has 1 aromatic heterocycles. The second-order valence-corrected chi connectivity index (χ2v) is 5.36. The van der Waals surface area contributed by atoms with Crippen LogP contribution in [0.5, 0.6) is 0 Å². The van der Waals surface area contributed by atoms with Gasteiger partial charge in [-0.05, 0) is 52.2 Å². The molecule has 19 heavy (non-hydrogen) atoms. The summed E-state index contributed by atoms with van der Waals surface area (Å²) in [7, 11) is 0. The fourth-order valence-corrected chi connectivity index (χ4v) is 2.52. The van der Waals surface area contributed by atoms with Gasteiger partial charge in [0.1, 0.15) is 11.0 Å². The number of hydrogen-bond donors (Lipinski definition) is 1. The third-order valence-corrected chi connectivity index (χ3v) is 3.30. The Labute approximate surface area is 128 Å². The molecule has 7 heteroatoms. The Morgan fingerprint density at radius 2 is 2.00 bits per heavy atom. The van der Waals surface area contributed by atoms with E-state index in [-0.39, 0.29) is 22.2 Å². The van der Waals surface area contributed by atoms with E-state index >= 15 is 0 Å². The van der Waals surface area contributed by atoms with Crippen molar-refractivity contribution in [2.45, 2.75) is 6.92 Å². The van der Waals surface area contributed by atoms with Gasteiger partial charge in [-0.1, -0.05) is 17.7 Å². The van der Waals surface area contributed by atoms with E-state index < -0.39 is 0 Å². The predicted molar refractivity (Wildman–Crippen MR) is 78.9 cm³/mol. The molecule has 4 nitrogen and oxygen atoms in total. The number of hydrogen-bond acceptors (Lipinski definition) is 3. The summed E-state index contributed by atoms with van der Waals surface area (Å²) in [6.45, 7) is 1.94. The standard InChI is InChI=1S/C12H8BrCl2N3O/c1-6-2-3-7(8(13)4-6)11(19)17-10-5-9(14)16-12(15)18-10/h2-5H,1H3,(H,16,17,18,19). The molecule has 1 heterocycles. The molecule has 0 atom stereocenters. The van der Waals surface area contributed by atoms with Crippen molar-refractivity contribution in [3.05, 3.63) is 50.3 Å². The minimum atomic E-state index is -0.308. The van der Waals surface area contributed by atoms with Crippen molar-refractivity contribution in [2.24, 2.45) is 0 Å². The lowest BCUT2D eigenvalue weighted by molar-refractivity contribution is 0.102. The van der Waals surface area contributed by atoms with Crippen LogP contribution in [0.2, 0.25) is 10.4 Å². The van der Waals surface area contributed by atoms with Crippen LogP contribution in [0.3, 0.4) is 0 Å². The number of amides is 1. The second-order valence-electron chi connectivity index (χ2n) is 3.78. The van der Waals surface area contributed by atoms with E-state index in [4.69, 9.17) is 23.2 Å². The molecule has 0 aliphatic rings. The minimum Gasteiger partial charge on any atom is -0.306 e. The zero-order valence-electron chi connectivity index (χ0n) is 9.75. The molecule has 2 rings (SSSR count). The normalized spacial score (nSPS) is 10.3. The van der Waals surface area contributed by atoms with E-state index in [0.29, 0.717) is 10.0 Å². The average Bonchev–Trinajstić information content (AvgIpc) is 2.26. The molecule has 0 radical (unpaired) electrons. The molecule has 0 fully saturated rings. The largest absolute Gasteiger partial charge is 0.306 e. The van der Waals surface area contributed by atoms with Gasteiger partial charge >= 0.3 is 0 Å². The molecular formula is C12H8BrCl2N3O. The van der Waals surface area contributed by atoms with Crippen LogP contribution in [0.15, 0.2) is 28.7 Å². The van der Waals surface area contributed by atoms with Gasteiger partial charge in [0.2, 0.25) is 5.28 Å². The molecular weight excluding hydrogens is 353 g/mol. The summed E-state index contributed by atoms with van der Waals surface area (Å²) >= 11 is 14.7. The van der Waals surface area contributed by atoms with Crippen LogP contribution in [0, 0.1) is 6.92 Å². The smallest absolute Gasteiger partial charge is 0.257 e. The van der Waals surface area contributed by atoms with Gasteiger partial charge in [-0.25, -0.2) is 9.97 Å². The molecule has 0 unspecified atom stereocenters. The zero-order valence-corrected chi connectivity index (χ0v) is 12.8. The van der Waals surface area contributed by atoms with Crippen molar-refractivity contribution in [1.82, 2.24) is 9.97 Å². The van der Waals surface area contributed by atoms with Crippen LogP contribution in [-0.2, 0) is 0 Å². The second kappa shape index (κ2) is 5.86. The van der Waals surface area contributed by atoms with Crippen LogP contribution in [-0.4, -0.2) is 15.9 Å². The molecule has 0 bridgehead atoms. The number of benzene rings is 1. The van der Waals surface area contributed by atoms with Gasteiger partial charge in [0.05, 0.1) is 5.56 Å². The van der Waals surface area contributed by atoms with Crippen LogP contribution in [0.4, 0.5) is 5.82 Å². The molecule has 0 spiro atoms. The number of nitrogens with one attached hydrogen (secondary N) is 1. The van der Waals surface area contributed by atoms with Gasteiger partial charge < -0.3 is 5.32 Å². The monoisotopic (exact) mass is 359 g/mol. The highest BCUT2D eigenvalue weighted by Crippen LogP contribution is 2.20. The molecule has 2 aromatic rings. The van der Waals surface area contributed by atoms with Crippen molar-refractivity contribution < 1.29 is 4.79 Å². The lowest BCUT2D eigenvalue weighted by Crippen LogP contribution is -2.14. The molecule has 0 saturated heterocycles. The van der Waals surface area contributed by atoms with Crippen molar-refractivity contribution in [3.8, 4) is 0 Å². The highest BCUT2D eigenvalue weighted by Gasteiger charge is 2.12. The maximum Gasteiger partial charge on any atom is 0.257 e. The van der Waals surface area contributed by atoms with Crippen molar-refractivity contribution >= 4 is 50.9 Å². The first-order valence-electron chi connectivity index (χ1n) is 5.23. The summed E-state index contributed by atoms with van der Waals surface area (Å²) in [6, 6.07) is 6.85. The molecule has 0 saturated carbocycles. The Morgan fingerprint density at radius 1 is 1.26 bits per heavy atom. The molecule has 1 N–H and O–H groups in total. The first-order valence-corrected chi connectivity index (χ1v) is 6.78. The number of anilines is 1. The zero-order chi connectivity index (χ0) is 14.0. The lowest BCUT2D eigenvalue weighted by atomic mass is 10.1. The van der Waals surface area contributed by atoms with Gasteiger partial charge in [0, 0.05) is 10.5 Å². The molecule has 1 aromatic carbocycles. The Bertz CT molecular complexity index is 629. The fraction of sp³-hybridized carbons (Fsp3) is 0.0833. The number of rotatable bonds is 2. The Morgan fingerprint density at radius 3 is 2.63 bits per heavy atom. The third-order valence-electron chi connectivity index (χ3n) is 2.28. The maximum atomic E-state index is 12.1. The van der Waals surface area contributed by atoms with Crippen LogP contribution in [0.1, 0.15) is 15.9 Å². The molecule has 1 amide bonds. The van der Waals surface area contributed by atoms with Crippen LogP contribution in [0.25, 0.3) is 0 Å². The lowest BCUT2D eigenvalue weighted by Gasteiger charge is -2.07. The number of carbonyl (C=O) groups is 1. The maximum absolute atomic E-state index is 12.1. The summed E-state index contributed by atoms with van der Waals surface area (Å²) in [4.78, 5) is 19.7. The SMILES string of the molecule is Cc1ccc(C(=O)Nc2cc(Cl)nc(Cl)n2)c(Br)c1. The number of halogens is 3. The highest BCUT2D eigenvalue weighted by atomic mass is 79.9. The third kappa shape index (κ3) is 3.65. The van der Waals surface area contributed by atoms with Crippen LogP contribution >= 0.6 is 39.1 Å². The van der Waals surface area contributed by atoms with E-state index in [1.54, 1.807) is 6.07 Å². The van der Waals surface area contributed by atoms with Crippen molar-refractivity contribution in [3.63, 3.8) is 0 Å². The number of aromatic nitrogens is 2. The summed E-state index contributed by atoms with van der Waals surface area (Å²) in [5.74, 6) is -0.0554. The van der Waals surface area contributed by atoms with Crippen molar-refractivity contribution in [1.29, 1.82) is 0 Å². The predicted octanol–water partition coefficient (Wildman–Crippen LogP) is 4.11. The van der Waals surface area contributed by atoms with Crippen molar-refractivity contribution in [2.75, 3.05) is 5.32 Å². The summed E-state index contributed by atoms with van der Waals surface area (Å²) < 4.78 is 0.705. The van der Waals surface area contributed by atoms with E-state index in [1.807, 2.05) is 19.1 Å². The average molecular weight is 361 g/mol. The Balaban J connectivity index is 2.25. The quantitative estimate of drug-likeness (QED) is 0.647. The summed E-state index contributed by atoms with van der Waals surface area (Å²) in [6.07, 6.45) is 0. The Kier molecular flexibility index (Phi) is 4.39. The highest BCUT2D eigenvalue weighted by molar-refractivity contribution is 9.10. The molecule has 0 aliphatic carbocycles. The van der Waals surface area contributed by atoms with E-state index in [9.17, 15) is 4.79 Å². The molecule has 98 valence electrons. The fourth-order valence-electron chi connectivity index (χ4n) is 1.44. The van der Waals surface area contributed by atoms with Gasteiger partial charge in [0.15, 0.2) is 0 Å². The number of nitrogens with zero attached hydrogens (tertiary/aromatic N) is 2.